The molecule has 0 bridgehead atoms. The summed E-state index contributed by atoms with van der Waals surface area (Å²) in [6.45, 7) is 0.915. The lowest BCUT2D eigenvalue weighted by Crippen LogP contribution is -2.53. The van der Waals surface area contributed by atoms with Gasteiger partial charge in [0.25, 0.3) is 0 Å². The molecule has 0 spiro atoms. The van der Waals surface area contributed by atoms with E-state index in [1.807, 2.05) is 54.6 Å². The van der Waals surface area contributed by atoms with Crippen molar-refractivity contribution in [2.24, 2.45) is 5.92 Å². The number of rotatable bonds is 8. The molecule has 3 N–H and O–H groups in total. The van der Waals surface area contributed by atoms with E-state index in [0.717, 1.165) is 36.3 Å². The van der Waals surface area contributed by atoms with Crippen molar-refractivity contribution in [3.8, 4) is 5.75 Å². The molecule has 1 saturated heterocycles. The van der Waals surface area contributed by atoms with Crippen LogP contribution in [0.4, 0.5) is 16.2 Å². The number of anilines is 2. The zero-order valence-corrected chi connectivity index (χ0v) is 22.8. The van der Waals surface area contributed by atoms with Gasteiger partial charge in [-0.2, -0.15) is 0 Å². The number of piperidine rings is 1. The topological polar surface area (TPSA) is 99.8 Å². The van der Waals surface area contributed by atoms with Crippen molar-refractivity contribution in [2.45, 2.75) is 44.6 Å². The molecule has 0 radical (unpaired) electrons. The summed E-state index contributed by atoms with van der Waals surface area (Å²) in [5.74, 6) is 0.353. The summed E-state index contributed by atoms with van der Waals surface area (Å²) in [7, 11) is 1.60. The second-order valence-corrected chi connectivity index (χ2v) is 10.5. The third-order valence-corrected chi connectivity index (χ3v) is 7.78. The lowest BCUT2D eigenvalue weighted by atomic mass is 9.94. The highest BCUT2D eigenvalue weighted by molar-refractivity contribution is 5.95. The molecule has 8 heteroatoms. The minimum Gasteiger partial charge on any atom is -0.497 e. The molecular weight excluding hydrogens is 504 g/mol. The number of hydrogen-bond acceptors (Lipinski definition) is 4. The van der Waals surface area contributed by atoms with Crippen molar-refractivity contribution in [1.29, 1.82) is 0 Å². The Kier molecular flexibility index (Phi) is 8.64. The van der Waals surface area contributed by atoms with Gasteiger partial charge in [-0.15, -0.1) is 0 Å². The Bertz CT molecular complexity index is 1330. The molecule has 1 fully saturated rings. The van der Waals surface area contributed by atoms with Crippen molar-refractivity contribution in [3.63, 3.8) is 0 Å². The standard InChI is InChI=1S/C32H36N4O4/c1-40-28-14-12-26(13-15-28)33-30(37)24-16-18-36(19-17-24)31(38)29(20-22-6-3-2-4-7-22)35-32(39)34-27-11-10-23-8-5-9-25(23)21-27/h2-4,6-7,10-15,21,24,29H,5,8-9,16-20H2,1H3,(H,33,37)(H2,34,35,39)/t29-/m0/s1. The van der Waals surface area contributed by atoms with Crippen LogP contribution in [0.1, 0.15) is 36.0 Å². The van der Waals surface area contributed by atoms with Crippen LogP contribution in [0.2, 0.25) is 0 Å². The van der Waals surface area contributed by atoms with Gasteiger partial charge in [0.1, 0.15) is 11.8 Å². The van der Waals surface area contributed by atoms with Crippen LogP contribution >= 0.6 is 0 Å². The SMILES string of the molecule is COc1ccc(NC(=O)C2CCN(C(=O)[C@H](Cc3ccccc3)NC(=O)Nc3ccc4c(c3)CCC4)CC2)cc1. The smallest absolute Gasteiger partial charge is 0.319 e. The van der Waals surface area contributed by atoms with E-state index in [-0.39, 0.29) is 17.7 Å². The highest BCUT2D eigenvalue weighted by Gasteiger charge is 2.32. The van der Waals surface area contributed by atoms with E-state index in [9.17, 15) is 14.4 Å². The number of nitrogens with zero attached hydrogens (tertiary/aromatic N) is 1. The van der Waals surface area contributed by atoms with Gasteiger partial charge < -0.3 is 25.6 Å². The monoisotopic (exact) mass is 540 g/mol. The Labute approximate surface area is 235 Å². The van der Waals surface area contributed by atoms with Crippen molar-refractivity contribution < 1.29 is 19.1 Å². The van der Waals surface area contributed by atoms with Crippen LogP contribution in [0.25, 0.3) is 0 Å². The van der Waals surface area contributed by atoms with Crippen molar-refractivity contribution in [1.82, 2.24) is 10.2 Å². The number of fused-ring (bicyclic) bond motifs is 1. The van der Waals surface area contributed by atoms with E-state index in [2.05, 4.69) is 22.0 Å². The van der Waals surface area contributed by atoms with Gasteiger partial charge in [0.15, 0.2) is 0 Å². The average Bonchev–Trinajstić information content (AvgIpc) is 3.45. The van der Waals surface area contributed by atoms with Gasteiger partial charge in [-0.05, 0) is 85.2 Å². The van der Waals surface area contributed by atoms with Crippen molar-refractivity contribution in [2.75, 3.05) is 30.8 Å². The number of carbonyl (C=O) groups excluding carboxylic acids is 3. The first-order valence-electron chi connectivity index (χ1n) is 14.0. The maximum absolute atomic E-state index is 13.6. The summed E-state index contributed by atoms with van der Waals surface area (Å²) in [6, 6.07) is 21.8. The molecule has 0 unspecified atom stereocenters. The number of likely N-dealkylation sites (tertiary alicyclic amines) is 1. The Morgan fingerprint density at radius 2 is 1.57 bits per heavy atom. The van der Waals surface area contributed by atoms with Crippen LogP contribution in [0.5, 0.6) is 5.75 Å². The molecule has 1 aliphatic carbocycles. The number of ether oxygens (including phenoxy) is 1. The molecule has 2 aliphatic rings. The van der Waals surface area contributed by atoms with Gasteiger partial charge in [-0.3, -0.25) is 9.59 Å². The maximum atomic E-state index is 13.6. The lowest BCUT2D eigenvalue weighted by molar-refractivity contribution is -0.136. The molecule has 0 saturated carbocycles. The van der Waals surface area contributed by atoms with Gasteiger partial charge in [0, 0.05) is 36.8 Å². The highest BCUT2D eigenvalue weighted by atomic mass is 16.5. The molecule has 208 valence electrons. The first kappa shape index (κ1) is 27.2. The van der Waals surface area contributed by atoms with Gasteiger partial charge >= 0.3 is 6.03 Å². The predicted octanol–water partition coefficient (Wildman–Crippen LogP) is 4.79. The zero-order chi connectivity index (χ0) is 27.9. The molecule has 40 heavy (non-hydrogen) atoms. The third kappa shape index (κ3) is 6.81. The van der Waals surface area contributed by atoms with Crippen LogP contribution in [-0.2, 0) is 28.9 Å². The summed E-state index contributed by atoms with van der Waals surface area (Å²) in [4.78, 5) is 41.3. The molecule has 0 aromatic heterocycles. The number of aryl methyl sites for hydroxylation is 2. The number of methoxy groups -OCH3 is 1. The van der Waals surface area contributed by atoms with Crippen LogP contribution in [0.15, 0.2) is 72.8 Å². The molecule has 5 rings (SSSR count). The minimum atomic E-state index is -0.721. The molecular formula is C32H36N4O4. The number of urea groups is 1. The fraction of sp³-hybridized carbons (Fsp3) is 0.344. The first-order valence-corrected chi connectivity index (χ1v) is 14.0. The summed E-state index contributed by atoms with van der Waals surface area (Å²) in [5.41, 5.74) is 5.02. The van der Waals surface area contributed by atoms with E-state index < -0.39 is 12.1 Å². The maximum Gasteiger partial charge on any atom is 0.319 e. The van der Waals surface area contributed by atoms with E-state index in [4.69, 9.17) is 4.74 Å². The van der Waals surface area contributed by atoms with Crippen LogP contribution in [0.3, 0.4) is 0 Å². The highest BCUT2D eigenvalue weighted by Crippen LogP contribution is 2.25. The molecule has 1 atom stereocenters. The molecule has 4 amide bonds. The van der Waals surface area contributed by atoms with E-state index >= 15 is 0 Å². The van der Waals surface area contributed by atoms with Gasteiger partial charge in [-0.25, -0.2) is 4.79 Å². The fourth-order valence-corrected chi connectivity index (χ4v) is 5.53. The second kappa shape index (κ2) is 12.7. The second-order valence-electron chi connectivity index (χ2n) is 10.5. The average molecular weight is 541 g/mol. The molecule has 8 nitrogen and oxygen atoms in total. The van der Waals surface area contributed by atoms with E-state index in [1.54, 1.807) is 24.1 Å². The number of benzene rings is 3. The number of carbonyl (C=O) groups is 3. The Hall–Kier alpha value is -4.33. The quantitative estimate of drug-likeness (QED) is 0.382. The van der Waals surface area contributed by atoms with Gasteiger partial charge in [0.2, 0.25) is 11.8 Å². The van der Waals surface area contributed by atoms with Crippen LogP contribution in [0, 0.1) is 5.92 Å². The van der Waals surface area contributed by atoms with Crippen LogP contribution < -0.4 is 20.7 Å². The molecule has 3 aromatic rings. The largest absolute Gasteiger partial charge is 0.497 e. The minimum absolute atomic E-state index is 0.0510. The fourth-order valence-electron chi connectivity index (χ4n) is 5.53. The molecule has 3 aromatic carbocycles. The lowest BCUT2D eigenvalue weighted by Gasteiger charge is -2.34. The van der Waals surface area contributed by atoms with Gasteiger partial charge in [-0.1, -0.05) is 36.4 Å². The van der Waals surface area contributed by atoms with E-state index in [1.165, 1.54) is 11.1 Å². The normalized spacial score (nSPS) is 15.6. The third-order valence-electron chi connectivity index (χ3n) is 7.78. The first-order chi connectivity index (χ1) is 19.5. The summed E-state index contributed by atoms with van der Waals surface area (Å²) in [5, 5.41) is 8.80. The van der Waals surface area contributed by atoms with Gasteiger partial charge in [0.05, 0.1) is 7.11 Å². The molecule has 1 heterocycles. The number of hydrogen-bond donors (Lipinski definition) is 3. The summed E-state index contributed by atoms with van der Waals surface area (Å²) in [6.07, 6.45) is 4.75. The van der Waals surface area contributed by atoms with Crippen molar-refractivity contribution >= 4 is 29.2 Å². The number of nitrogens with one attached hydrogen (secondary N) is 3. The number of amides is 4. The van der Waals surface area contributed by atoms with Crippen molar-refractivity contribution in [3.05, 3.63) is 89.5 Å². The molecule has 1 aliphatic heterocycles. The zero-order valence-electron chi connectivity index (χ0n) is 22.8. The Morgan fingerprint density at radius 1 is 0.875 bits per heavy atom. The Morgan fingerprint density at radius 3 is 2.30 bits per heavy atom. The predicted molar refractivity (Wildman–Crippen MR) is 155 cm³/mol. The summed E-state index contributed by atoms with van der Waals surface area (Å²) >= 11 is 0. The van der Waals surface area contributed by atoms with E-state index in [0.29, 0.717) is 38.0 Å². The Balaban J connectivity index is 1.19. The summed E-state index contributed by atoms with van der Waals surface area (Å²) < 4.78 is 5.17. The van der Waals surface area contributed by atoms with Crippen LogP contribution in [-0.4, -0.2) is 49.0 Å².